The standard InChI is InChI=1S/C13H21N3O/c1-10(7-8-14)4-6-13(17)16-12-5-3-11(2)9-15-12/h3,5,9-10H,4,6-8,14H2,1-2H3,(H,15,16,17). The molecule has 1 atom stereocenters. The number of carbonyl (C=O) groups is 1. The molecular weight excluding hydrogens is 214 g/mol. The summed E-state index contributed by atoms with van der Waals surface area (Å²) < 4.78 is 0. The first-order chi connectivity index (χ1) is 8.11. The smallest absolute Gasteiger partial charge is 0.225 e. The normalized spacial score (nSPS) is 12.2. The Morgan fingerprint density at radius 1 is 1.47 bits per heavy atom. The number of aromatic nitrogens is 1. The Bertz CT molecular complexity index is 348. The lowest BCUT2D eigenvalue weighted by Gasteiger charge is -2.09. The molecule has 1 aromatic heterocycles. The van der Waals surface area contributed by atoms with E-state index in [1.165, 1.54) is 0 Å². The minimum atomic E-state index is 0.0187. The van der Waals surface area contributed by atoms with Crippen molar-refractivity contribution < 1.29 is 4.79 Å². The first-order valence-corrected chi connectivity index (χ1v) is 6.04. The van der Waals surface area contributed by atoms with E-state index in [2.05, 4.69) is 17.2 Å². The molecule has 1 unspecified atom stereocenters. The van der Waals surface area contributed by atoms with E-state index in [1.807, 2.05) is 19.1 Å². The highest BCUT2D eigenvalue weighted by Gasteiger charge is 2.06. The predicted octanol–water partition coefficient (Wildman–Crippen LogP) is 2.09. The maximum Gasteiger partial charge on any atom is 0.225 e. The van der Waals surface area contributed by atoms with Gasteiger partial charge in [-0.15, -0.1) is 0 Å². The maximum absolute atomic E-state index is 11.6. The van der Waals surface area contributed by atoms with Gasteiger partial charge in [0.25, 0.3) is 0 Å². The molecular formula is C13H21N3O. The monoisotopic (exact) mass is 235 g/mol. The summed E-state index contributed by atoms with van der Waals surface area (Å²) in [5.74, 6) is 1.13. The quantitative estimate of drug-likeness (QED) is 0.793. The highest BCUT2D eigenvalue weighted by molar-refractivity contribution is 5.89. The van der Waals surface area contributed by atoms with E-state index in [-0.39, 0.29) is 5.91 Å². The second kappa shape index (κ2) is 7.01. The summed E-state index contributed by atoms with van der Waals surface area (Å²) in [7, 11) is 0. The van der Waals surface area contributed by atoms with Crippen LogP contribution in [0.1, 0.15) is 31.7 Å². The lowest BCUT2D eigenvalue weighted by atomic mass is 10.0. The van der Waals surface area contributed by atoms with Crippen molar-refractivity contribution in [2.75, 3.05) is 11.9 Å². The fraction of sp³-hybridized carbons (Fsp3) is 0.538. The van der Waals surface area contributed by atoms with Crippen LogP contribution in [0.5, 0.6) is 0 Å². The van der Waals surface area contributed by atoms with Gasteiger partial charge in [-0.25, -0.2) is 4.98 Å². The second-order valence-electron chi connectivity index (χ2n) is 4.49. The van der Waals surface area contributed by atoms with Crippen LogP contribution in [0, 0.1) is 12.8 Å². The molecule has 1 amide bonds. The lowest BCUT2D eigenvalue weighted by molar-refractivity contribution is -0.116. The molecule has 0 fully saturated rings. The molecule has 0 saturated carbocycles. The largest absolute Gasteiger partial charge is 0.330 e. The molecule has 94 valence electrons. The number of nitrogens with zero attached hydrogens (tertiary/aromatic N) is 1. The van der Waals surface area contributed by atoms with Gasteiger partial charge in [0.05, 0.1) is 0 Å². The molecule has 0 aliphatic heterocycles. The van der Waals surface area contributed by atoms with E-state index in [4.69, 9.17) is 5.73 Å². The van der Waals surface area contributed by atoms with E-state index in [0.717, 1.165) is 18.4 Å². The van der Waals surface area contributed by atoms with Crippen molar-refractivity contribution in [2.24, 2.45) is 11.7 Å². The van der Waals surface area contributed by atoms with Gasteiger partial charge in [0.15, 0.2) is 0 Å². The fourth-order valence-corrected chi connectivity index (χ4v) is 1.55. The Morgan fingerprint density at radius 3 is 2.82 bits per heavy atom. The van der Waals surface area contributed by atoms with Crippen LogP contribution in [-0.2, 0) is 4.79 Å². The van der Waals surface area contributed by atoms with Crippen LogP contribution in [0.2, 0.25) is 0 Å². The molecule has 0 bridgehead atoms. The zero-order valence-electron chi connectivity index (χ0n) is 10.6. The molecule has 0 spiro atoms. The van der Waals surface area contributed by atoms with Gasteiger partial charge < -0.3 is 11.1 Å². The molecule has 3 N–H and O–H groups in total. The van der Waals surface area contributed by atoms with E-state index in [9.17, 15) is 4.79 Å². The van der Waals surface area contributed by atoms with Crippen molar-refractivity contribution in [1.82, 2.24) is 4.98 Å². The van der Waals surface area contributed by atoms with Crippen molar-refractivity contribution >= 4 is 11.7 Å². The predicted molar refractivity (Wildman–Crippen MR) is 69.7 cm³/mol. The molecule has 1 aromatic rings. The number of hydrogen-bond donors (Lipinski definition) is 2. The average Bonchev–Trinajstić information content (AvgIpc) is 2.30. The Balaban J connectivity index is 2.32. The zero-order valence-corrected chi connectivity index (χ0v) is 10.6. The number of pyridine rings is 1. The van der Waals surface area contributed by atoms with Gasteiger partial charge in [0, 0.05) is 12.6 Å². The summed E-state index contributed by atoms with van der Waals surface area (Å²) in [4.78, 5) is 15.8. The van der Waals surface area contributed by atoms with Gasteiger partial charge in [0.1, 0.15) is 5.82 Å². The lowest BCUT2D eigenvalue weighted by Crippen LogP contribution is -2.14. The molecule has 0 aliphatic carbocycles. The van der Waals surface area contributed by atoms with Crippen LogP contribution < -0.4 is 11.1 Å². The van der Waals surface area contributed by atoms with Crippen LogP contribution in [0.4, 0.5) is 5.82 Å². The fourth-order valence-electron chi connectivity index (χ4n) is 1.55. The van der Waals surface area contributed by atoms with Crippen molar-refractivity contribution in [1.29, 1.82) is 0 Å². The maximum atomic E-state index is 11.6. The van der Waals surface area contributed by atoms with Gasteiger partial charge in [-0.2, -0.15) is 0 Å². The number of aryl methyl sites for hydroxylation is 1. The number of amides is 1. The number of hydrogen-bond acceptors (Lipinski definition) is 3. The summed E-state index contributed by atoms with van der Waals surface area (Å²) in [5.41, 5.74) is 6.55. The molecule has 17 heavy (non-hydrogen) atoms. The minimum Gasteiger partial charge on any atom is -0.330 e. The van der Waals surface area contributed by atoms with Crippen molar-refractivity contribution in [2.45, 2.75) is 33.1 Å². The van der Waals surface area contributed by atoms with Gasteiger partial charge in [-0.1, -0.05) is 13.0 Å². The van der Waals surface area contributed by atoms with Crippen molar-refractivity contribution in [3.8, 4) is 0 Å². The zero-order chi connectivity index (χ0) is 12.7. The molecule has 1 heterocycles. The van der Waals surface area contributed by atoms with Gasteiger partial charge in [-0.05, 0) is 43.9 Å². The average molecular weight is 235 g/mol. The third-order valence-electron chi connectivity index (χ3n) is 2.70. The van der Waals surface area contributed by atoms with E-state index in [0.29, 0.717) is 24.7 Å². The van der Waals surface area contributed by atoms with Crippen molar-refractivity contribution in [3.05, 3.63) is 23.9 Å². The highest BCUT2D eigenvalue weighted by atomic mass is 16.1. The van der Waals surface area contributed by atoms with E-state index < -0.39 is 0 Å². The Labute approximate surface area is 103 Å². The minimum absolute atomic E-state index is 0.0187. The summed E-state index contributed by atoms with van der Waals surface area (Å²) in [5, 5.41) is 2.79. The summed E-state index contributed by atoms with van der Waals surface area (Å²) in [6, 6.07) is 3.75. The van der Waals surface area contributed by atoms with E-state index >= 15 is 0 Å². The van der Waals surface area contributed by atoms with Crippen LogP contribution in [0.15, 0.2) is 18.3 Å². The summed E-state index contributed by atoms with van der Waals surface area (Å²) in [6.45, 7) is 4.76. The first kappa shape index (κ1) is 13.6. The van der Waals surface area contributed by atoms with Crippen LogP contribution in [0.25, 0.3) is 0 Å². The van der Waals surface area contributed by atoms with Crippen LogP contribution in [-0.4, -0.2) is 17.4 Å². The molecule has 4 heteroatoms. The van der Waals surface area contributed by atoms with Crippen LogP contribution in [0.3, 0.4) is 0 Å². The van der Waals surface area contributed by atoms with Crippen molar-refractivity contribution in [3.63, 3.8) is 0 Å². The van der Waals surface area contributed by atoms with Gasteiger partial charge in [0.2, 0.25) is 5.91 Å². The highest BCUT2D eigenvalue weighted by Crippen LogP contribution is 2.10. The third-order valence-corrected chi connectivity index (χ3v) is 2.70. The summed E-state index contributed by atoms with van der Waals surface area (Å²) in [6.07, 6.45) is 4.11. The number of carbonyl (C=O) groups excluding carboxylic acids is 1. The van der Waals surface area contributed by atoms with Gasteiger partial charge >= 0.3 is 0 Å². The molecule has 0 aliphatic rings. The van der Waals surface area contributed by atoms with Crippen LogP contribution >= 0.6 is 0 Å². The molecule has 1 rings (SSSR count). The SMILES string of the molecule is Cc1ccc(NC(=O)CCC(C)CCN)nc1. The molecule has 0 saturated heterocycles. The first-order valence-electron chi connectivity index (χ1n) is 6.04. The number of anilines is 1. The third kappa shape index (κ3) is 5.45. The Kier molecular flexibility index (Phi) is 5.63. The number of nitrogens with one attached hydrogen (secondary N) is 1. The second-order valence-corrected chi connectivity index (χ2v) is 4.49. The summed E-state index contributed by atoms with van der Waals surface area (Å²) >= 11 is 0. The van der Waals surface area contributed by atoms with Gasteiger partial charge in [-0.3, -0.25) is 4.79 Å². The molecule has 4 nitrogen and oxygen atoms in total. The number of rotatable bonds is 6. The Morgan fingerprint density at radius 2 is 2.24 bits per heavy atom. The molecule has 0 aromatic carbocycles. The Hall–Kier alpha value is -1.42. The number of nitrogens with two attached hydrogens (primary N) is 1. The van der Waals surface area contributed by atoms with E-state index in [1.54, 1.807) is 6.20 Å². The molecule has 0 radical (unpaired) electrons. The topological polar surface area (TPSA) is 68.0 Å².